The molecule has 1 aromatic carbocycles. The largest absolute Gasteiger partial charge is 0.342 e. The van der Waals surface area contributed by atoms with Crippen molar-refractivity contribution in [2.24, 2.45) is 5.92 Å². The molecule has 0 unspecified atom stereocenters. The molecule has 1 fully saturated rings. The summed E-state index contributed by atoms with van der Waals surface area (Å²) in [6.45, 7) is 6.02. The highest BCUT2D eigenvalue weighted by molar-refractivity contribution is 7.99. The van der Waals surface area contributed by atoms with Crippen LogP contribution in [0.4, 0.5) is 0 Å². The molecule has 3 aromatic rings. The summed E-state index contributed by atoms with van der Waals surface area (Å²) in [4.78, 5) is 14.5. The molecule has 0 bridgehead atoms. The van der Waals surface area contributed by atoms with E-state index in [4.69, 9.17) is 0 Å². The van der Waals surface area contributed by atoms with Crippen LogP contribution in [-0.2, 0) is 4.79 Å². The van der Waals surface area contributed by atoms with Gasteiger partial charge in [0.1, 0.15) is 0 Å². The number of hydrogen-bond donors (Lipinski definition) is 0. The molecule has 25 heavy (non-hydrogen) atoms. The van der Waals surface area contributed by atoms with Gasteiger partial charge in [0, 0.05) is 13.1 Å². The molecule has 0 aliphatic carbocycles. The predicted octanol–water partition coefficient (Wildman–Crippen LogP) is 3.54. The molecule has 1 amide bonds. The molecule has 1 aliphatic rings. The van der Waals surface area contributed by atoms with E-state index in [1.54, 1.807) is 0 Å². The molecular weight excluding hydrogens is 332 g/mol. The topological polar surface area (TPSA) is 50.5 Å². The van der Waals surface area contributed by atoms with E-state index in [0.29, 0.717) is 11.7 Å². The molecule has 2 aromatic heterocycles. The highest BCUT2D eigenvalue weighted by Gasteiger charge is 2.22. The first-order chi connectivity index (χ1) is 12.1. The zero-order valence-electron chi connectivity index (χ0n) is 14.6. The Hall–Kier alpha value is -2.08. The summed E-state index contributed by atoms with van der Waals surface area (Å²) in [6, 6.07) is 10.4. The van der Waals surface area contributed by atoms with Gasteiger partial charge >= 0.3 is 0 Å². The van der Waals surface area contributed by atoms with Gasteiger partial charge in [-0.2, -0.15) is 0 Å². The summed E-state index contributed by atoms with van der Waals surface area (Å²) in [5.41, 5.74) is 3.03. The second-order valence-corrected chi connectivity index (χ2v) is 7.85. The van der Waals surface area contributed by atoms with Crippen LogP contribution >= 0.6 is 11.8 Å². The van der Waals surface area contributed by atoms with E-state index in [9.17, 15) is 4.79 Å². The third kappa shape index (κ3) is 3.11. The molecule has 6 heteroatoms. The van der Waals surface area contributed by atoms with Crippen molar-refractivity contribution < 1.29 is 4.79 Å². The molecule has 1 atom stereocenters. The molecule has 0 saturated carbocycles. The third-order valence-corrected chi connectivity index (χ3v) is 5.78. The lowest BCUT2D eigenvalue weighted by atomic mass is 10.0. The number of fused-ring (bicyclic) bond motifs is 3. The van der Waals surface area contributed by atoms with Crippen molar-refractivity contribution in [2.45, 2.75) is 31.8 Å². The number of amides is 1. The van der Waals surface area contributed by atoms with Gasteiger partial charge < -0.3 is 4.90 Å². The van der Waals surface area contributed by atoms with Gasteiger partial charge in [0.25, 0.3) is 0 Å². The van der Waals surface area contributed by atoms with Crippen molar-refractivity contribution in [3.63, 3.8) is 0 Å². The smallest absolute Gasteiger partial charge is 0.233 e. The Morgan fingerprint density at radius 1 is 1.32 bits per heavy atom. The van der Waals surface area contributed by atoms with Crippen molar-refractivity contribution in [1.82, 2.24) is 19.5 Å². The highest BCUT2D eigenvalue weighted by Crippen LogP contribution is 2.26. The van der Waals surface area contributed by atoms with Crippen LogP contribution in [0.1, 0.15) is 25.3 Å². The number of hydrogen-bond acceptors (Lipinski definition) is 4. The fourth-order valence-electron chi connectivity index (χ4n) is 3.58. The van der Waals surface area contributed by atoms with Gasteiger partial charge in [0.05, 0.1) is 11.3 Å². The van der Waals surface area contributed by atoms with E-state index in [1.807, 2.05) is 24.0 Å². The van der Waals surface area contributed by atoms with E-state index < -0.39 is 0 Å². The fourth-order valence-corrected chi connectivity index (χ4v) is 4.43. The summed E-state index contributed by atoms with van der Waals surface area (Å²) in [5.74, 6) is 1.21. The fraction of sp³-hybridized carbons (Fsp3) is 0.421. The Labute approximate surface area is 151 Å². The number of benzene rings is 1. The number of thioether (sulfide) groups is 1. The molecule has 0 radical (unpaired) electrons. The maximum absolute atomic E-state index is 12.6. The van der Waals surface area contributed by atoms with Crippen LogP contribution < -0.4 is 0 Å². The van der Waals surface area contributed by atoms with Crippen LogP contribution in [0, 0.1) is 12.8 Å². The minimum absolute atomic E-state index is 0.199. The lowest BCUT2D eigenvalue weighted by Gasteiger charge is -2.30. The summed E-state index contributed by atoms with van der Waals surface area (Å²) in [6.07, 6.45) is 2.33. The maximum atomic E-state index is 12.6. The number of para-hydroxylation sites is 1. The van der Waals surface area contributed by atoms with Gasteiger partial charge in [-0.15, -0.1) is 10.2 Å². The Bertz CT molecular complexity index is 936. The average Bonchev–Trinajstić information content (AvgIpc) is 3.05. The molecule has 0 N–H and O–H groups in total. The van der Waals surface area contributed by atoms with Crippen LogP contribution in [0.25, 0.3) is 16.6 Å². The zero-order chi connectivity index (χ0) is 17.4. The van der Waals surface area contributed by atoms with Crippen molar-refractivity contribution in [2.75, 3.05) is 18.8 Å². The molecule has 5 nitrogen and oxygen atoms in total. The standard InChI is InChI=1S/C19H22N4OS/c1-13-6-5-9-22(11-13)17(24)12-25-19-21-20-18-14(2)10-15-7-3-4-8-16(15)23(18)19/h3-4,7-8,10,13H,5-6,9,11-12H2,1-2H3/t13-/m0/s1. The molecular formula is C19H22N4OS. The highest BCUT2D eigenvalue weighted by atomic mass is 32.2. The van der Waals surface area contributed by atoms with E-state index in [0.717, 1.165) is 46.8 Å². The lowest BCUT2D eigenvalue weighted by Crippen LogP contribution is -2.40. The van der Waals surface area contributed by atoms with Gasteiger partial charge in [-0.05, 0) is 48.8 Å². The minimum atomic E-state index is 0.199. The van der Waals surface area contributed by atoms with E-state index in [2.05, 4.69) is 39.7 Å². The molecule has 0 spiro atoms. The van der Waals surface area contributed by atoms with E-state index >= 15 is 0 Å². The number of likely N-dealkylation sites (tertiary alicyclic amines) is 1. The van der Waals surface area contributed by atoms with Crippen LogP contribution in [0.15, 0.2) is 35.5 Å². The summed E-state index contributed by atoms with van der Waals surface area (Å²) < 4.78 is 2.07. The molecule has 130 valence electrons. The number of aromatic nitrogens is 3. The number of rotatable bonds is 3. The van der Waals surface area contributed by atoms with Gasteiger partial charge in [-0.3, -0.25) is 9.20 Å². The second kappa shape index (κ2) is 6.67. The Morgan fingerprint density at radius 3 is 3.00 bits per heavy atom. The van der Waals surface area contributed by atoms with Crippen LogP contribution in [0.2, 0.25) is 0 Å². The summed E-state index contributed by atoms with van der Waals surface area (Å²) in [5, 5.41) is 10.6. The number of pyridine rings is 1. The average molecular weight is 354 g/mol. The third-order valence-electron chi connectivity index (χ3n) is 4.87. The minimum Gasteiger partial charge on any atom is -0.342 e. The first-order valence-corrected chi connectivity index (χ1v) is 9.76. The number of carbonyl (C=O) groups excluding carboxylic acids is 1. The van der Waals surface area contributed by atoms with Gasteiger partial charge in [0.15, 0.2) is 10.8 Å². The molecule has 1 saturated heterocycles. The summed E-state index contributed by atoms with van der Waals surface area (Å²) >= 11 is 1.48. The van der Waals surface area contributed by atoms with E-state index in [-0.39, 0.29) is 5.91 Å². The van der Waals surface area contributed by atoms with E-state index in [1.165, 1.54) is 18.2 Å². The number of aryl methyl sites for hydroxylation is 1. The molecule has 4 rings (SSSR count). The Morgan fingerprint density at radius 2 is 2.16 bits per heavy atom. The van der Waals surface area contributed by atoms with Crippen molar-refractivity contribution in [3.8, 4) is 0 Å². The normalized spacial score (nSPS) is 18.2. The number of piperidine rings is 1. The van der Waals surface area contributed by atoms with Crippen LogP contribution in [0.3, 0.4) is 0 Å². The monoisotopic (exact) mass is 354 g/mol. The molecule has 3 heterocycles. The quantitative estimate of drug-likeness (QED) is 0.675. The second-order valence-electron chi connectivity index (χ2n) is 6.90. The number of carbonyl (C=O) groups is 1. The predicted molar refractivity (Wildman–Crippen MR) is 101 cm³/mol. The SMILES string of the molecule is Cc1cc2ccccc2n2c(SCC(=O)N3CCC[C@H](C)C3)nnc12. The zero-order valence-corrected chi connectivity index (χ0v) is 15.4. The van der Waals surface area contributed by atoms with Crippen LogP contribution in [0.5, 0.6) is 0 Å². The van der Waals surface area contributed by atoms with Crippen molar-refractivity contribution in [1.29, 1.82) is 0 Å². The van der Waals surface area contributed by atoms with Gasteiger partial charge in [0.2, 0.25) is 5.91 Å². The van der Waals surface area contributed by atoms with Gasteiger partial charge in [-0.25, -0.2) is 0 Å². The first-order valence-electron chi connectivity index (χ1n) is 8.77. The first kappa shape index (κ1) is 16.4. The van der Waals surface area contributed by atoms with Crippen LogP contribution in [-0.4, -0.2) is 44.2 Å². The number of nitrogens with zero attached hydrogens (tertiary/aromatic N) is 4. The Kier molecular flexibility index (Phi) is 4.37. The maximum Gasteiger partial charge on any atom is 0.233 e. The molecule has 1 aliphatic heterocycles. The Balaban J connectivity index is 1.61. The van der Waals surface area contributed by atoms with Gasteiger partial charge in [-0.1, -0.05) is 36.9 Å². The lowest BCUT2D eigenvalue weighted by molar-refractivity contribution is -0.130. The van der Waals surface area contributed by atoms with Crippen molar-refractivity contribution >= 4 is 34.2 Å². The van der Waals surface area contributed by atoms with Crippen molar-refractivity contribution in [3.05, 3.63) is 35.9 Å². The summed E-state index contributed by atoms with van der Waals surface area (Å²) in [7, 11) is 0.